The van der Waals surface area contributed by atoms with Crippen LogP contribution in [0.2, 0.25) is 0 Å². The van der Waals surface area contributed by atoms with Crippen molar-refractivity contribution >= 4 is 10.0 Å². The van der Waals surface area contributed by atoms with Gasteiger partial charge < -0.3 is 5.73 Å². The first-order valence-electron chi connectivity index (χ1n) is 7.36. The van der Waals surface area contributed by atoms with Gasteiger partial charge in [-0.05, 0) is 31.9 Å². The molecule has 22 heavy (non-hydrogen) atoms. The van der Waals surface area contributed by atoms with Crippen LogP contribution in [0.5, 0.6) is 0 Å². The van der Waals surface area contributed by atoms with Crippen LogP contribution in [0.1, 0.15) is 18.4 Å². The van der Waals surface area contributed by atoms with Crippen molar-refractivity contribution in [2.24, 2.45) is 5.73 Å². The number of hydrogen-bond donors (Lipinski definition) is 1. The molecule has 0 radical (unpaired) electrons. The molecule has 0 spiro atoms. The highest BCUT2D eigenvalue weighted by Gasteiger charge is 2.35. The van der Waals surface area contributed by atoms with E-state index in [1.54, 1.807) is 10.9 Å². The van der Waals surface area contributed by atoms with E-state index in [1.807, 2.05) is 31.2 Å². The summed E-state index contributed by atoms with van der Waals surface area (Å²) >= 11 is 0. The molecule has 1 atom stereocenters. The minimum Gasteiger partial charge on any atom is -0.329 e. The van der Waals surface area contributed by atoms with Crippen LogP contribution in [-0.2, 0) is 10.0 Å². The molecule has 3 rings (SSSR count). The zero-order valence-electron chi connectivity index (χ0n) is 12.5. The van der Waals surface area contributed by atoms with E-state index >= 15 is 0 Å². The fraction of sp³-hybridized carbons (Fsp3) is 0.400. The number of hydrogen-bond acceptors (Lipinski definition) is 4. The Labute approximate surface area is 130 Å². The Bertz CT molecular complexity index is 752. The molecular formula is C15H20N4O2S. The number of aromatic nitrogens is 2. The smallest absolute Gasteiger partial charge is 0.246 e. The van der Waals surface area contributed by atoms with E-state index < -0.39 is 10.0 Å². The van der Waals surface area contributed by atoms with Gasteiger partial charge in [0.25, 0.3) is 0 Å². The molecule has 1 saturated heterocycles. The van der Waals surface area contributed by atoms with Gasteiger partial charge in [-0.2, -0.15) is 9.40 Å². The lowest BCUT2D eigenvalue weighted by atomic mass is 10.2. The Balaban J connectivity index is 1.91. The van der Waals surface area contributed by atoms with Crippen molar-refractivity contribution in [2.75, 3.05) is 13.1 Å². The van der Waals surface area contributed by atoms with Crippen LogP contribution in [0.25, 0.3) is 5.69 Å². The van der Waals surface area contributed by atoms with Crippen molar-refractivity contribution in [3.8, 4) is 5.69 Å². The first kappa shape index (κ1) is 15.2. The molecule has 2 aromatic rings. The van der Waals surface area contributed by atoms with Gasteiger partial charge in [-0.1, -0.05) is 17.7 Å². The van der Waals surface area contributed by atoms with Gasteiger partial charge in [0.2, 0.25) is 10.0 Å². The summed E-state index contributed by atoms with van der Waals surface area (Å²) in [7, 11) is -3.53. The Kier molecular flexibility index (Phi) is 4.03. The molecule has 1 aromatic heterocycles. The highest BCUT2D eigenvalue weighted by Crippen LogP contribution is 2.25. The predicted octanol–water partition coefficient (Wildman–Crippen LogP) is 1.29. The maximum Gasteiger partial charge on any atom is 0.246 e. The first-order chi connectivity index (χ1) is 10.5. The van der Waals surface area contributed by atoms with Gasteiger partial charge in [0, 0.05) is 19.1 Å². The zero-order chi connectivity index (χ0) is 15.7. The van der Waals surface area contributed by atoms with Gasteiger partial charge in [0.15, 0.2) is 0 Å². The molecule has 7 heteroatoms. The normalized spacial score (nSPS) is 19.6. The van der Waals surface area contributed by atoms with Crippen LogP contribution in [0.15, 0.2) is 41.6 Å². The third kappa shape index (κ3) is 2.67. The maximum absolute atomic E-state index is 12.7. The molecule has 0 saturated carbocycles. The number of benzene rings is 1. The molecule has 1 aliphatic heterocycles. The quantitative estimate of drug-likeness (QED) is 0.920. The molecule has 2 N–H and O–H groups in total. The molecule has 0 aliphatic carbocycles. The SMILES string of the molecule is Cc1ccc(-n2cc(S(=O)(=O)N3CCC[C@H]3CN)cn2)cc1. The minimum absolute atomic E-state index is 0.104. The largest absolute Gasteiger partial charge is 0.329 e. The first-order valence-corrected chi connectivity index (χ1v) is 8.80. The van der Waals surface area contributed by atoms with E-state index in [1.165, 1.54) is 10.5 Å². The molecule has 6 nitrogen and oxygen atoms in total. The van der Waals surface area contributed by atoms with Crippen molar-refractivity contribution in [1.82, 2.24) is 14.1 Å². The summed E-state index contributed by atoms with van der Waals surface area (Å²) in [6.45, 7) is 2.88. The summed E-state index contributed by atoms with van der Waals surface area (Å²) in [5.74, 6) is 0. The number of sulfonamides is 1. The van der Waals surface area contributed by atoms with Crippen molar-refractivity contribution in [3.63, 3.8) is 0 Å². The second-order valence-corrected chi connectivity index (χ2v) is 7.49. The van der Waals surface area contributed by atoms with Crippen LogP contribution in [0.3, 0.4) is 0 Å². The van der Waals surface area contributed by atoms with E-state index in [9.17, 15) is 8.42 Å². The number of aryl methyl sites for hydroxylation is 1. The number of nitrogens with zero attached hydrogens (tertiary/aromatic N) is 3. The monoisotopic (exact) mass is 320 g/mol. The zero-order valence-corrected chi connectivity index (χ0v) is 13.3. The standard InChI is InChI=1S/C15H20N4O2S/c1-12-4-6-13(7-5-12)18-11-15(10-17-18)22(20,21)19-8-2-3-14(19)9-16/h4-7,10-11,14H,2-3,8-9,16H2,1H3/t14-/m0/s1. The third-order valence-corrected chi connectivity index (χ3v) is 5.96. The lowest BCUT2D eigenvalue weighted by Crippen LogP contribution is -2.39. The van der Waals surface area contributed by atoms with E-state index in [-0.39, 0.29) is 10.9 Å². The van der Waals surface area contributed by atoms with Crippen molar-refractivity contribution in [1.29, 1.82) is 0 Å². The van der Waals surface area contributed by atoms with Gasteiger partial charge in [0.05, 0.1) is 18.1 Å². The van der Waals surface area contributed by atoms with E-state index in [0.717, 1.165) is 24.1 Å². The Morgan fingerprint density at radius 3 is 2.73 bits per heavy atom. The molecule has 1 fully saturated rings. The van der Waals surface area contributed by atoms with Crippen LogP contribution < -0.4 is 5.73 Å². The van der Waals surface area contributed by atoms with Crippen molar-refractivity contribution < 1.29 is 8.42 Å². The van der Waals surface area contributed by atoms with Gasteiger partial charge >= 0.3 is 0 Å². The van der Waals surface area contributed by atoms with Gasteiger partial charge in [-0.3, -0.25) is 0 Å². The molecular weight excluding hydrogens is 300 g/mol. The summed E-state index contributed by atoms with van der Waals surface area (Å²) in [5, 5.41) is 4.18. The van der Waals surface area contributed by atoms with Crippen LogP contribution in [0, 0.1) is 6.92 Å². The molecule has 2 heterocycles. The highest BCUT2D eigenvalue weighted by atomic mass is 32.2. The third-order valence-electron chi connectivity index (χ3n) is 4.06. The summed E-state index contributed by atoms with van der Waals surface area (Å²) in [4.78, 5) is 0.216. The average Bonchev–Trinajstić information content (AvgIpc) is 3.17. The molecule has 0 amide bonds. The van der Waals surface area contributed by atoms with Crippen molar-refractivity contribution in [3.05, 3.63) is 42.2 Å². The molecule has 1 aromatic carbocycles. The summed E-state index contributed by atoms with van der Waals surface area (Å²) in [6.07, 6.45) is 4.64. The number of nitrogens with two attached hydrogens (primary N) is 1. The fourth-order valence-electron chi connectivity index (χ4n) is 2.77. The maximum atomic E-state index is 12.7. The van der Waals surface area contributed by atoms with Crippen molar-refractivity contribution in [2.45, 2.75) is 30.7 Å². The summed E-state index contributed by atoms with van der Waals surface area (Å²) in [5.41, 5.74) is 7.66. The van der Waals surface area contributed by atoms with E-state index in [2.05, 4.69) is 5.10 Å². The topological polar surface area (TPSA) is 81.2 Å². The second kappa shape index (κ2) is 5.83. The molecule has 118 valence electrons. The van der Waals surface area contributed by atoms with Crippen LogP contribution in [-0.4, -0.2) is 41.6 Å². The Hall–Kier alpha value is -1.70. The Morgan fingerprint density at radius 2 is 2.05 bits per heavy atom. The highest BCUT2D eigenvalue weighted by molar-refractivity contribution is 7.89. The fourth-order valence-corrected chi connectivity index (χ4v) is 4.41. The van der Waals surface area contributed by atoms with Gasteiger partial charge in [0.1, 0.15) is 4.90 Å². The Morgan fingerprint density at radius 1 is 1.32 bits per heavy atom. The lowest BCUT2D eigenvalue weighted by molar-refractivity contribution is 0.393. The van der Waals surface area contributed by atoms with Gasteiger partial charge in [-0.15, -0.1) is 0 Å². The minimum atomic E-state index is -3.53. The molecule has 0 unspecified atom stereocenters. The summed E-state index contributed by atoms with van der Waals surface area (Å²) < 4.78 is 28.5. The average molecular weight is 320 g/mol. The lowest BCUT2D eigenvalue weighted by Gasteiger charge is -2.21. The predicted molar refractivity (Wildman–Crippen MR) is 84.3 cm³/mol. The van der Waals surface area contributed by atoms with Gasteiger partial charge in [-0.25, -0.2) is 13.1 Å². The van der Waals surface area contributed by atoms with E-state index in [0.29, 0.717) is 13.1 Å². The molecule has 0 bridgehead atoms. The number of rotatable bonds is 4. The molecule has 1 aliphatic rings. The summed E-state index contributed by atoms with van der Waals surface area (Å²) in [6, 6.07) is 7.66. The van der Waals surface area contributed by atoms with E-state index in [4.69, 9.17) is 5.73 Å². The van der Waals surface area contributed by atoms with Crippen LogP contribution in [0.4, 0.5) is 0 Å². The second-order valence-electron chi connectivity index (χ2n) is 5.60. The van der Waals surface area contributed by atoms with Crippen LogP contribution >= 0.6 is 0 Å².